The van der Waals surface area contributed by atoms with E-state index >= 15 is 0 Å². The van der Waals surface area contributed by atoms with Crippen molar-refractivity contribution >= 4 is 10.9 Å². The maximum atomic E-state index is 14.1. The fraction of sp³-hybridized carbons (Fsp3) is 0.409. The highest BCUT2D eigenvalue weighted by Gasteiger charge is 2.36. The highest BCUT2D eigenvalue weighted by molar-refractivity contribution is 5.86. The molecule has 0 aliphatic carbocycles. The van der Waals surface area contributed by atoms with Crippen molar-refractivity contribution in [3.05, 3.63) is 65.4 Å². The van der Waals surface area contributed by atoms with Gasteiger partial charge in [-0.2, -0.15) is 0 Å². The van der Waals surface area contributed by atoms with E-state index in [9.17, 15) is 9.50 Å². The lowest BCUT2D eigenvalue weighted by molar-refractivity contribution is 0.0382. The molecule has 5 rings (SSSR count). The Bertz CT molecular complexity index is 996. The summed E-state index contributed by atoms with van der Waals surface area (Å²) >= 11 is 0. The molecule has 3 aromatic rings. The lowest BCUT2D eigenvalue weighted by Crippen LogP contribution is -2.33. The second kappa shape index (κ2) is 6.14. The summed E-state index contributed by atoms with van der Waals surface area (Å²) in [6.07, 6.45) is 6.68. The monoisotopic (exact) mass is 365 g/mol. The molecule has 2 aliphatic heterocycles. The fourth-order valence-corrected chi connectivity index (χ4v) is 5.01. The second-order valence-electron chi connectivity index (χ2n) is 8.06. The molecule has 1 saturated heterocycles. The van der Waals surface area contributed by atoms with Gasteiger partial charge in [0.25, 0.3) is 0 Å². The van der Waals surface area contributed by atoms with Crippen LogP contribution in [0.3, 0.4) is 0 Å². The molecular formula is C22H24FN3O. The molecule has 2 aliphatic rings. The fourth-order valence-electron chi connectivity index (χ4n) is 5.01. The van der Waals surface area contributed by atoms with E-state index in [2.05, 4.69) is 14.5 Å². The molecule has 5 heteroatoms. The van der Waals surface area contributed by atoms with Crippen LogP contribution in [0.1, 0.15) is 42.6 Å². The number of halogens is 1. The zero-order chi connectivity index (χ0) is 18.6. The van der Waals surface area contributed by atoms with E-state index < -0.39 is 5.60 Å². The predicted octanol–water partition coefficient (Wildman–Crippen LogP) is 3.78. The Morgan fingerprint density at radius 3 is 2.85 bits per heavy atom. The molecule has 1 fully saturated rings. The Kier molecular flexibility index (Phi) is 3.85. The first-order chi connectivity index (χ1) is 13.0. The summed E-state index contributed by atoms with van der Waals surface area (Å²) in [5, 5.41) is 12.2. The third kappa shape index (κ3) is 2.68. The summed E-state index contributed by atoms with van der Waals surface area (Å²) in [4.78, 5) is 6.58. The zero-order valence-electron chi connectivity index (χ0n) is 15.5. The number of hydrogen-bond acceptors (Lipinski definition) is 3. The molecule has 1 aromatic carbocycles. The predicted molar refractivity (Wildman–Crippen MR) is 103 cm³/mol. The Morgan fingerprint density at radius 1 is 1.22 bits per heavy atom. The quantitative estimate of drug-likeness (QED) is 0.768. The van der Waals surface area contributed by atoms with Gasteiger partial charge in [0.15, 0.2) is 0 Å². The van der Waals surface area contributed by atoms with Crippen LogP contribution >= 0.6 is 0 Å². The normalized spacial score (nSPS) is 21.8. The SMILES string of the molecule is C[C@](O)(Cn1c2c(c3cc(F)ccc31)[C@H]1CCCN1CC2)c1ccncc1. The summed E-state index contributed by atoms with van der Waals surface area (Å²) in [5.74, 6) is -0.196. The van der Waals surface area contributed by atoms with Crippen molar-refractivity contribution < 1.29 is 9.50 Å². The van der Waals surface area contributed by atoms with Gasteiger partial charge in [-0.15, -0.1) is 0 Å². The van der Waals surface area contributed by atoms with E-state index in [0.29, 0.717) is 12.6 Å². The van der Waals surface area contributed by atoms with E-state index in [-0.39, 0.29) is 5.82 Å². The van der Waals surface area contributed by atoms with Crippen LogP contribution in [-0.4, -0.2) is 32.6 Å². The third-order valence-electron chi connectivity index (χ3n) is 6.28. The third-order valence-corrected chi connectivity index (χ3v) is 6.28. The second-order valence-corrected chi connectivity index (χ2v) is 8.06. The van der Waals surface area contributed by atoms with Gasteiger partial charge in [0.2, 0.25) is 0 Å². The topological polar surface area (TPSA) is 41.3 Å². The van der Waals surface area contributed by atoms with Crippen LogP contribution in [0, 0.1) is 5.82 Å². The first-order valence-electron chi connectivity index (χ1n) is 9.72. The summed E-state index contributed by atoms with van der Waals surface area (Å²) < 4.78 is 16.3. The minimum Gasteiger partial charge on any atom is -0.384 e. The van der Waals surface area contributed by atoms with Crippen LogP contribution < -0.4 is 0 Å². The summed E-state index contributed by atoms with van der Waals surface area (Å²) in [6.45, 7) is 4.45. The van der Waals surface area contributed by atoms with Crippen LogP contribution in [0.15, 0.2) is 42.7 Å². The smallest absolute Gasteiger partial charge is 0.123 e. The maximum Gasteiger partial charge on any atom is 0.123 e. The van der Waals surface area contributed by atoms with Crippen molar-refractivity contribution in [2.24, 2.45) is 0 Å². The molecule has 140 valence electrons. The largest absolute Gasteiger partial charge is 0.384 e. The van der Waals surface area contributed by atoms with Gasteiger partial charge in [-0.1, -0.05) is 0 Å². The molecule has 0 spiro atoms. The Morgan fingerprint density at radius 2 is 2.04 bits per heavy atom. The standard InChI is InChI=1S/C22H24FN3O/c1-22(27,15-6-9-24-10-7-15)14-26-18-5-4-16(23)13-17(18)21-19-3-2-11-25(19)12-8-20(21)26/h4-7,9-10,13,19,27H,2-3,8,11-12,14H2,1H3/t19-,22+/m1/s1. The van der Waals surface area contributed by atoms with E-state index in [1.165, 1.54) is 23.7 Å². The van der Waals surface area contributed by atoms with Crippen molar-refractivity contribution in [1.29, 1.82) is 0 Å². The Balaban J connectivity index is 1.67. The van der Waals surface area contributed by atoms with Crippen LogP contribution in [0.2, 0.25) is 0 Å². The maximum absolute atomic E-state index is 14.1. The highest BCUT2D eigenvalue weighted by atomic mass is 19.1. The molecular weight excluding hydrogens is 341 g/mol. The van der Waals surface area contributed by atoms with Crippen LogP contribution in [0.5, 0.6) is 0 Å². The Labute approximate surface area is 158 Å². The number of nitrogens with zero attached hydrogens (tertiary/aromatic N) is 3. The lowest BCUT2D eigenvalue weighted by Gasteiger charge is -2.32. The number of hydrogen-bond donors (Lipinski definition) is 1. The number of fused-ring (bicyclic) bond motifs is 5. The summed E-state index contributed by atoms with van der Waals surface area (Å²) in [5.41, 5.74) is 3.37. The van der Waals surface area contributed by atoms with Crippen LogP contribution in [-0.2, 0) is 18.6 Å². The van der Waals surface area contributed by atoms with E-state index in [0.717, 1.165) is 42.4 Å². The number of aliphatic hydroxyl groups is 1. The molecule has 2 aromatic heterocycles. The van der Waals surface area contributed by atoms with Crippen molar-refractivity contribution in [3.63, 3.8) is 0 Å². The van der Waals surface area contributed by atoms with Gasteiger partial charge in [0, 0.05) is 48.0 Å². The molecule has 2 atom stereocenters. The summed E-state index contributed by atoms with van der Waals surface area (Å²) in [7, 11) is 0. The molecule has 0 radical (unpaired) electrons. The average Bonchev–Trinajstić information content (AvgIpc) is 3.25. The molecule has 0 amide bonds. The van der Waals surface area contributed by atoms with E-state index in [1.807, 2.05) is 25.1 Å². The van der Waals surface area contributed by atoms with Crippen molar-refractivity contribution in [2.45, 2.75) is 44.4 Å². The van der Waals surface area contributed by atoms with Gasteiger partial charge in [-0.3, -0.25) is 9.88 Å². The van der Waals surface area contributed by atoms with Gasteiger partial charge >= 0.3 is 0 Å². The highest BCUT2D eigenvalue weighted by Crippen LogP contribution is 2.43. The lowest BCUT2D eigenvalue weighted by atomic mass is 9.95. The molecule has 0 unspecified atom stereocenters. The van der Waals surface area contributed by atoms with Crippen molar-refractivity contribution in [1.82, 2.24) is 14.5 Å². The van der Waals surface area contributed by atoms with Gasteiger partial charge in [0.1, 0.15) is 11.4 Å². The number of rotatable bonds is 3. The van der Waals surface area contributed by atoms with Crippen molar-refractivity contribution in [2.75, 3.05) is 13.1 Å². The first kappa shape index (κ1) is 16.9. The van der Waals surface area contributed by atoms with Gasteiger partial charge in [0.05, 0.1) is 6.54 Å². The first-order valence-corrected chi connectivity index (χ1v) is 9.72. The summed E-state index contributed by atoms with van der Waals surface area (Å²) in [6, 6.07) is 9.16. The molecule has 4 nitrogen and oxygen atoms in total. The van der Waals surface area contributed by atoms with Crippen LogP contribution in [0.25, 0.3) is 10.9 Å². The van der Waals surface area contributed by atoms with Gasteiger partial charge < -0.3 is 9.67 Å². The molecule has 0 bridgehead atoms. The number of pyridine rings is 1. The van der Waals surface area contributed by atoms with Crippen LogP contribution in [0.4, 0.5) is 4.39 Å². The zero-order valence-corrected chi connectivity index (χ0v) is 15.5. The minimum atomic E-state index is -1.02. The molecule has 1 N–H and O–H groups in total. The van der Waals surface area contributed by atoms with Gasteiger partial charge in [-0.25, -0.2) is 4.39 Å². The molecule has 0 saturated carbocycles. The number of aromatic nitrogens is 2. The minimum absolute atomic E-state index is 0.196. The van der Waals surface area contributed by atoms with E-state index in [1.54, 1.807) is 18.5 Å². The van der Waals surface area contributed by atoms with Gasteiger partial charge in [-0.05, 0) is 67.8 Å². The molecule has 4 heterocycles. The number of benzene rings is 1. The van der Waals surface area contributed by atoms with E-state index in [4.69, 9.17) is 0 Å². The Hall–Kier alpha value is -2.24. The molecule has 27 heavy (non-hydrogen) atoms. The van der Waals surface area contributed by atoms with Crippen molar-refractivity contribution in [3.8, 4) is 0 Å². The average molecular weight is 365 g/mol.